The lowest BCUT2D eigenvalue weighted by atomic mass is 10.1. The van der Waals surface area contributed by atoms with Gasteiger partial charge in [0.05, 0.1) is 0 Å². The van der Waals surface area contributed by atoms with Gasteiger partial charge in [-0.2, -0.15) is 4.98 Å². The highest BCUT2D eigenvalue weighted by molar-refractivity contribution is 5.89. The van der Waals surface area contributed by atoms with E-state index in [0.29, 0.717) is 17.8 Å². The van der Waals surface area contributed by atoms with Gasteiger partial charge in [-0.3, -0.25) is 4.79 Å². The minimum atomic E-state index is -0.0989. The summed E-state index contributed by atoms with van der Waals surface area (Å²) in [5, 5.41) is 6.08. The van der Waals surface area contributed by atoms with Crippen molar-refractivity contribution in [1.82, 2.24) is 9.97 Å². The van der Waals surface area contributed by atoms with Crippen LogP contribution in [0.3, 0.4) is 0 Å². The molecule has 1 aromatic heterocycles. The van der Waals surface area contributed by atoms with Gasteiger partial charge in [0.1, 0.15) is 5.82 Å². The number of hydrogen-bond donors (Lipinski definition) is 2. The second-order valence-electron chi connectivity index (χ2n) is 6.68. The fourth-order valence-corrected chi connectivity index (χ4v) is 3.43. The second-order valence-corrected chi connectivity index (χ2v) is 6.68. The van der Waals surface area contributed by atoms with E-state index in [9.17, 15) is 4.79 Å². The third-order valence-corrected chi connectivity index (χ3v) is 4.52. The Morgan fingerprint density at radius 2 is 1.93 bits per heavy atom. The van der Waals surface area contributed by atoms with Gasteiger partial charge in [-0.25, -0.2) is 4.98 Å². The monoisotopic (exact) mass is 359 g/mol. The predicted octanol–water partition coefficient (Wildman–Crippen LogP) is 4.26. The minimum Gasteiger partial charge on any atom is -0.340 e. The first kappa shape index (κ1) is 17.0. The molecule has 2 heterocycles. The predicted molar refractivity (Wildman–Crippen MR) is 108 cm³/mol. The van der Waals surface area contributed by atoms with Crippen LogP contribution >= 0.6 is 0 Å². The maximum Gasteiger partial charge on any atom is 0.232 e. The largest absolute Gasteiger partial charge is 0.340 e. The zero-order chi connectivity index (χ0) is 18.8. The molecule has 136 valence electrons. The van der Waals surface area contributed by atoms with Crippen molar-refractivity contribution in [3.8, 4) is 0 Å². The molecule has 0 aliphatic carbocycles. The van der Waals surface area contributed by atoms with E-state index in [-0.39, 0.29) is 5.91 Å². The van der Waals surface area contributed by atoms with Crippen LogP contribution in [-0.4, -0.2) is 21.9 Å². The van der Waals surface area contributed by atoms with Gasteiger partial charge in [-0.15, -0.1) is 0 Å². The van der Waals surface area contributed by atoms with Gasteiger partial charge in [-0.1, -0.05) is 24.3 Å². The van der Waals surface area contributed by atoms with Gasteiger partial charge >= 0.3 is 0 Å². The molecule has 0 saturated heterocycles. The number of benzene rings is 2. The van der Waals surface area contributed by atoms with Crippen molar-refractivity contribution in [2.24, 2.45) is 0 Å². The average Bonchev–Trinajstić information content (AvgIpc) is 2.97. The van der Waals surface area contributed by atoms with Gasteiger partial charge in [0.25, 0.3) is 0 Å². The number of nitrogens with zero attached hydrogens (tertiary/aromatic N) is 3. The van der Waals surface area contributed by atoms with E-state index in [1.54, 1.807) is 6.20 Å². The van der Waals surface area contributed by atoms with Crippen molar-refractivity contribution in [3.05, 3.63) is 66.4 Å². The number of fused-ring (bicyclic) bond motifs is 1. The maximum atomic E-state index is 11.2. The van der Waals surface area contributed by atoms with E-state index in [2.05, 4.69) is 45.6 Å². The molecular weight excluding hydrogens is 338 g/mol. The highest BCUT2D eigenvalue weighted by Gasteiger charge is 2.28. The molecule has 3 aromatic rings. The Balaban J connectivity index is 1.60. The number of anilines is 5. The van der Waals surface area contributed by atoms with Crippen molar-refractivity contribution < 1.29 is 4.79 Å². The number of aromatic nitrogens is 2. The third kappa shape index (κ3) is 3.60. The summed E-state index contributed by atoms with van der Waals surface area (Å²) >= 11 is 0. The number of hydrogen-bond acceptors (Lipinski definition) is 5. The molecule has 27 heavy (non-hydrogen) atoms. The Labute approximate surface area is 158 Å². The minimum absolute atomic E-state index is 0.0989. The lowest BCUT2D eigenvalue weighted by molar-refractivity contribution is -0.114. The molecule has 1 unspecified atom stereocenters. The van der Waals surface area contributed by atoms with Crippen LogP contribution in [0.25, 0.3) is 0 Å². The SMILES string of the molecule is CC(=O)Nc1cccc(Nc2ccnc(N3c4ccccc4CC3C)n2)c1. The van der Waals surface area contributed by atoms with Gasteiger partial charge in [0.15, 0.2) is 0 Å². The standard InChI is InChI=1S/C21H21N5O/c1-14-12-16-6-3-4-9-19(16)26(14)21-22-11-10-20(25-21)24-18-8-5-7-17(13-18)23-15(2)27/h3-11,13-14H,12H2,1-2H3,(H,23,27)(H,22,24,25). The first-order chi connectivity index (χ1) is 13.1. The van der Waals surface area contributed by atoms with Crippen LogP contribution in [-0.2, 0) is 11.2 Å². The van der Waals surface area contributed by atoms with E-state index in [1.165, 1.54) is 12.5 Å². The van der Waals surface area contributed by atoms with Crippen LogP contribution in [0.2, 0.25) is 0 Å². The fourth-order valence-electron chi connectivity index (χ4n) is 3.43. The molecule has 6 nitrogen and oxygen atoms in total. The van der Waals surface area contributed by atoms with Crippen LogP contribution in [0.4, 0.5) is 28.8 Å². The van der Waals surface area contributed by atoms with Gasteiger partial charge < -0.3 is 15.5 Å². The summed E-state index contributed by atoms with van der Waals surface area (Å²) in [5.41, 5.74) is 4.06. The Bertz CT molecular complexity index is 988. The van der Waals surface area contributed by atoms with Crippen LogP contribution < -0.4 is 15.5 Å². The van der Waals surface area contributed by atoms with E-state index in [0.717, 1.165) is 23.5 Å². The zero-order valence-corrected chi connectivity index (χ0v) is 15.3. The smallest absolute Gasteiger partial charge is 0.232 e. The Kier molecular flexibility index (Phi) is 4.46. The molecule has 0 fully saturated rings. The van der Waals surface area contributed by atoms with E-state index >= 15 is 0 Å². The first-order valence-electron chi connectivity index (χ1n) is 8.95. The molecule has 6 heteroatoms. The summed E-state index contributed by atoms with van der Waals surface area (Å²) in [7, 11) is 0. The van der Waals surface area contributed by atoms with Crippen molar-refractivity contribution in [2.45, 2.75) is 26.3 Å². The van der Waals surface area contributed by atoms with Crippen LogP contribution in [0.15, 0.2) is 60.8 Å². The quantitative estimate of drug-likeness (QED) is 0.728. The zero-order valence-electron chi connectivity index (χ0n) is 15.3. The van der Waals surface area contributed by atoms with Crippen molar-refractivity contribution in [3.63, 3.8) is 0 Å². The maximum absolute atomic E-state index is 11.2. The molecule has 2 N–H and O–H groups in total. The molecule has 0 radical (unpaired) electrons. The molecule has 1 aliphatic rings. The molecule has 0 bridgehead atoms. The highest BCUT2D eigenvalue weighted by Crippen LogP contribution is 2.36. The molecule has 0 saturated carbocycles. The summed E-state index contributed by atoms with van der Waals surface area (Å²) < 4.78 is 0. The van der Waals surface area contributed by atoms with Crippen LogP contribution in [0, 0.1) is 0 Å². The fraction of sp³-hybridized carbons (Fsp3) is 0.190. The lowest BCUT2D eigenvalue weighted by Crippen LogP contribution is -2.25. The normalized spacial score (nSPS) is 15.3. The molecule has 1 aliphatic heterocycles. The summed E-state index contributed by atoms with van der Waals surface area (Å²) in [5.74, 6) is 1.28. The number of rotatable bonds is 4. The van der Waals surface area contributed by atoms with E-state index in [4.69, 9.17) is 4.98 Å². The number of para-hydroxylation sites is 1. The highest BCUT2D eigenvalue weighted by atomic mass is 16.1. The number of carbonyl (C=O) groups excluding carboxylic acids is 1. The average molecular weight is 359 g/mol. The Hall–Kier alpha value is -3.41. The van der Waals surface area contributed by atoms with E-state index < -0.39 is 0 Å². The topological polar surface area (TPSA) is 70.2 Å². The second kappa shape index (κ2) is 7.07. The lowest BCUT2D eigenvalue weighted by Gasteiger charge is -2.23. The Morgan fingerprint density at radius 3 is 2.78 bits per heavy atom. The summed E-state index contributed by atoms with van der Waals surface area (Å²) in [4.78, 5) is 22.6. The number of amides is 1. The summed E-state index contributed by atoms with van der Waals surface area (Å²) in [6.45, 7) is 3.67. The molecule has 1 atom stereocenters. The Morgan fingerprint density at radius 1 is 1.11 bits per heavy atom. The summed E-state index contributed by atoms with van der Waals surface area (Å²) in [6.07, 6.45) is 2.74. The molecule has 0 spiro atoms. The first-order valence-corrected chi connectivity index (χ1v) is 8.95. The van der Waals surface area contributed by atoms with Crippen LogP contribution in [0.5, 0.6) is 0 Å². The van der Waals surface area contributed by atoms with Gasteiger partial charge in [-0.05, 0) is 49.2 Å². The van der Waals surface area contributed by atoms with Gasteiger partial charge in [0, 0.05) is 36.2 Å². The van der Waals surface area contributed by atoms with Crippen molar-refractivity contribution >= 4 is 34.7 Å². The summed E-state index contributed by atoms with van der Waals surface area (Å²) in [6, 6.07) is 18.0. The number of carbonyl (C=O) groups is 1. The van der Waals surface area contributed by atoms with Crippen LogP contribution in [0.1, 0.15) is 19.4 Å². The molecule has 1 amide bonds. The molecule has 2 aromatic carbocycles. The van der Waals surface area contributed by atoms with Crippen molar-refractivity contribution in [1.29, 1.82) is 0 Å². The van der Waals surface area contributed by atoms with Gasteiger partial charge in [0.2, 0.25) is 11.9 Å². The van der Waals surface area contributed by atoms with Crippen molar-refractivity contribution in [2.75, 3.05) is 15.5 Å². The third-order valence-electron chi connectivity index (χ3n) is 4.52. The molecule has 4 rings (SSSR count). The van der Waals surface area contributed by atoms with E-state index in [1.807, 2.05) is 36.4 Å². The molecular formula is C21H21N5O. The number of nitrogens with one attached hydrogen (secondary N) is 2.